The Morgan fingerprint density at radius 2 is 1.31 bits per heavy atom. The van der Waals surface area contributed by atoms with Gasteiger partial charge in [0, 0.05) is 0 Å². The molecule has 228 valence electrons. The molecule has 0 radical (unpaired) electrons. The predicted octanol–water partition coefficient (Wildman–Crippen LogP) is 7.52. The summed E-state index contributed by atoms with van der Waals surface area (Å²) in [6, 6.07) is 0. The summed E-state index contributed by atoms with van der Waals surface area (Å²) in [5.41, 5.74) is -8.76. The quantitative estimate of drug-likeness (QED) is 0.223. The Morgan fingerprint density at radius 3 is 1.77 bits per heavy atom. The Bertz CT molecular complexity index is 857. The zero-order valence-corrected chi connectivity index (χ0v) is 21.4. The van der Waals surface area contributed by atoms with Crippen molar-refractivity contribution in [2.45, 2.75) is 101 Å². The molecule has 1 N–H and O–H groups in total. The average Bonchev–Trinajstić information content (AvgIpc) is 3.53. The molecule has 14 heteroatoms. The van der Waals surface area contributed by atoms with Gasteiger partial charge in [0.1, 0.15) is 6.79 Å². The minimum Gasteiger partial charge on any atom is -0.376 e. The minimum absolute atomic E-state index is 0.0290. The molecule has 0 aliphatic heterocycles. The maximum atomic E-state index is 14.1. The molecule has 3 nitrogen and oxygen atoms in total. The molecule has 4 fully saturated rings. The Labute approximate surface area is 218 Å². The first-order valence-corrected chi connectivity index (χ1v) is 13.2. The molecular formula is C25H33F11O3. The lowest BCUT2D eigenvalue weighted by atomic mass is 9.71. The molecule has 0 heterocycles. The summed E-state index contributed by atoms with van der Waals surface area (Å²) in [6.07, 6.45) is -23.9. The van der Waals surface area contributed by atoms with Gasteiger partial charge < -0.3 is 14.6 Å². The van der Waals surface area contributed by atoms with Crippen molar-refractivity contribution < 1.29 is 62.9 Å². The van der Waals surface area contributed by atoms with Gasteiger partial charge in [0.15, 0.2) is 0 Å². The number of ether oxygens (including phenoxy) is 2. The van der Waals surface area contributed by atoms with Gasteiger partial charge in [-0.05, 0) is 92.3 Å². The first kappa shape index (κ1) is 31.1. The van der Waals surface area contributed by atoms with E-state index < -0.39 is 79.6 Å². The van der Waals surface area contributed by atoms with Crippen LogP contribution in [0.5, 0.6) is 0 Å². The fraction of sp³-hybridized carbons (Fsp3) is 1.00. The van der Waals surface area contributed by atoms with E-state index in [9.17, 15) is 53.4 Å². The van der Waals surface area contributed by atoms with Crippen LogP contribution in [0.1, 0.15) is 58.8 Å². The highest BCUT2D eigenvalue weighted by molar-refractivity contribution is 5.05. The van der Waals surface area contributed by atoms with E-state index in [0.717, 1.165) is 0 Å². The molecule has 0 aromatic heterocycles. The summed E-state index contributed by atoms with van der Waals surface area (Å²) in [5, 5.41) is 9.69. The molecule has 4 aliphatic carbocycles. The summed E-state index contributed by atoms with van der Waals surface area (Å²) in [7, 11) is 0. The zero-order chi connectivity index (χ0) is 29.3. The maximum Gasteiger partial charge on any atom is 0.426 e. The van der Waals surface area contributed by atoms with Crippen LogP contribution in [-0.2, 0) is 9.47 Å². The first-order valence-electron chi connectivity index (χ1n) is 13.2. The molecular weight excluding hydrogens is 557 g/mol. The van der Waals surface area contributed by atoms with Crippen LogP contribution in [0.25, 0.3) is 0 Å². The first-order chi connectivity index (χ1) is 17.7. The van der Waals surface area contributed by atoms with Crippen LogP contribution in [0.15, 0.2) is 0 Å². The summed E-state index contributed by atoms with van der Waals surface area (Å²) < 4.78 is 160. The summed E-state index contributed by atoms with van der Waals surface area (Å²) in [5.74, 6) is -3.19. The number of fused-ring (bicyclic) bond motifs is 4. The van der Waals surface area contributed by atoms with Crippen molar-refractivity contribution in [3.05, 3.63) is 0 Å². The number of hydrogen-bond donors (Lipinski definition) is 1. The largest absolute Gasteiger partial charge is 0.426 e. The van der Waals surface area contributed by atoms with E-state index in [1.165, 1.54) is 0 Å². The van der Waals surface area contributed by atoms with Gasteiger partial charge in [-0.2, -0.15) is 39.5 Å². The van der Waals surface area contributed by atoms with Crippen molar-refractivity contribution in [1.82, 2.24) is 0 Å². The summed E-state index contributed by atoms with van der Waals surface area (Å²) in [6.45, 7) is 2.36. The lowest BCUT2D eigenvalue weighted by Crippen LogP contribution is -2.60. The van der Waals surface area contributed by atoms with Gasteiger partial charge in [0.05, 0.1) is 6.10 Å². The van der Waals surface area contributed by atoms with E-state index in [0.29, 0.717) is 6.42 Å². The highest BCUT2D eigenvalue weighted by atomic mass is 19.4. The molecule has 4 saturated carbocycles. The molecule has 0 aromatic rings. The van der Waals surface area contributed by atoms with Crippen molar-refractivity contribution in [2.75, 3.05) is 6.79 Å². The van der Waals surface area contributed by atoms with E-state index in [2.05, 4.69) is 4.74 Å². The highest BCUT2D eigenvalue weighted by Gasteiger charge is 2.73. The lowest BCUT2D eigenvalue weighted by Gasteiger charge is -2.42. The van der Waals surface area contributed by atoms with Gasteiger partial charge >= 0.3 is 18.5 Å². The number of rotatable bonds is 9. The van der Waals surface area contributed by atoms with E-state index in [-0.39, 0.29) is 55.3 Å². The van der Waals surface area contributed by atoms with E-state index in [1.807, 2.05) is 13.8 Å². The van der Waals surface area contributed by atoms with Crippen LogP contribution in [0.2, 0.25) is 0 Å². The zero-order valence-electron chi connectivity index (χ0n) is 21.4. The van der Waals surface area contributed by atoms with Gasteiger partial charge in [-0.1, -0.05) is 13.8 Å². The van der Waals surface area contributed by atoms with Crippen molar-refractivity contribution in [3.63, 3.8) is 0 Å². The smallest absolute Gasteiger partial charge is 0.376 e. The van der Waals surface area contributed by atoms with Gasteiger partial charge in [0.25, 0.3) is 12.0 Å². The van der Waals surface area contributed by atoms with Crippen molar-refractivity contribution in [1.29, 1.82) is 0 Å². The SMILES string of the molecule is CC1C2CC(CC(OCOC3CC4CC(CC(O)(C(F)F)C(F)(F)F)C3C4)(C(F)(F)F)C(F)(F)F)C(C2)C1C. The number of hydrogen-bond acceptors (Lipinski definition) is 3. The second-order valence-electron chi connectivity index (χ2n) is 12.3. The molecule has 0 saturated heterocycles. The van der Waals surface area contributed by atoms with Crippen LogP contribution in [0.3, 0.4) is 0 Å². The van der Waals surface area contributed by atoms with Gasteiger partial charge in [0.2, 0.25) is 5.60 Å². The Balaban J connectivity index is 1.45. The van der Waals surface area contributed by atoms with Crippen LogP contribution >= 0.6 is 0 Å². The van der Waals surface area contributed by atoms with Gasteiger partial charge in [-0.3, -0.25) is 0 Å². The third-order valence-electron chi connectivity index (χ3n) is 10.4. The standard InChI is InChI=1S/C25H33F11O3/c1-11-12(2)17-7-14(11)6-16(17)9-22(24(31,32)33,25(34,35)36)39-10-38-19-5-13-3-15(18(19)4-13)8-21(37,20(26)27)23(28,29)30/h11-20,37H,3-10H2,1-2H3. The van der Waals surface area contributed by atoms with Crippen molar-refractivity contribution in [3.8, 4) is 0 Å². The van der Waals surface area contributed by atoms with Crippen molar-refractivity contribution >= 4 is 0 Å². The molecule has 0 aromatic carbocycles. The van der Waals surface area contributed by atoms with E-state index >= 15 is 0 Å². The fourth-order valence-electron chi connectivity index (χ4n) is 8.12. The highest BCUT2D eigenvalue weighted by Crippen LogP contribution is 2.60. The topological polar surface area (TPSA) is 38.7 Å². The van der Waals surface area contributed by atoms with Crippen LogP contribution in [0, 0.1) is 47.3 Å². The van der Waals surface area contributed by atoms with Crippen LogP contribution in [0.4, 0.5) is 48.3 Å². The third-order valence-corrected chi connectivity index (χ3v) is 10.4. The molecule has 0 amide bonds. The Kier molecular flexibility index (Phi) is 8.07. The minimum atomic E-state index is -5.82. The van der Waals surface area contributed by atoms with Gasteiger partial charge in [-0.15, -0.1) is 0 Å². The van der Waals surface area contributed by atoms with Crippen LogP contribution in [-0.4, -0.2) is 54.2 Å². The van der Waals surface area contributed by atoms with Crippen LogP contribution < -0.4 is 0 Å². The summed E-state index contributed by atoms with van der Waals surface area (Å²) >= 11 is 0. The second-order valence-corrected chi connectivity index (χ2v) is 12.3. The molecule has 4 rings (SSSR count). The number of halogens is 11. The second kappa shape index (κ2) is 10.1. The number of alkyl halides is 11. The molecule has 10 unspecified atom stereocenters. The van der Waals surface area contributed by atoms with Crippen molar-refractivity contribution in [2.24, 2.45) is 47.3 Å². The lowest BCUT2D eigenvalue weighted by molar-refractivity contribution is -0.400. The normalized spacial score (nSPS) is 38.7. The summed E-state index contributed by atoms with van der Waals surface area (Å²) in [4.78, 5) is 0. The number of aliphatic hydroxyl groups is 1. The monoisotopic (exact) mass is 590 g/mol. The van der Waals surface area contributed by atoms with E-state index in [1.54, 1.807) is 0 Å². The molecule has 10 atom stereocenters. The Morgan fingerprint density at radius 1 is 0.718 bits per heavy atom. The van der Waals surface area contributed by atoms with E-state index in [4.69, 9.17) is 4.74 Å². The molecule has 4 aliphatic rings. The fourth-order valence-corrected chi connectivity index (χ4v) is 8.12. The average molecular weight is 591 g/mol. The molecule has 4 bridgehead atoms. The molecule has 0 spiro atoms. The predicted molar refractivity (Wildman–Crippen MR) is 114 cm³/mol. The third kappa shape index (κ3) is 5.28. The van der Waals surface area contributed by atoms with Gasteiger partial charge in [-0.25, -0.2) is 8.78 Å². The molecule has 39 heavy (non-hydrogen) atoms. The Hall–Kier alpha value is -0.890. The maximum absolute atomic E-state index is 14.1.